The highest BCUT2D eigenvalue weighted by atomic mass is 16.2. The van der Waals surface area contributed by atoms with Crippen molar-refractivity contribution >= 4 is 5.91 Å². The third-order valence-corrected chi connectivity index (χ3v) is 5.66. The van der Waals surface area contributed by atoms with E-state index in [9.17, 15) is 4.79 Å². The molecule has 0 atom stereocenters. The van der Waals surface area contributed by atoms with Crippen molar-refractivity contribution in [2.75, 3.05) is 26.2 Å². The zero-order valence-corrected chi connectivity index (χ0v) is 15.6. The molecule has 0 bridgehead atoms. The Morgan fingerprint density at radius 3 is 2.04 bits per heavy atom. The minimum absolute atomic E-state index is 0.133. The van der Waals surface area contributed by atoms with Crippen LogP contribution in [0, 0.1) is 0 Å². The van der Waals surface area contributed by atoms with E-state index in [4.69, 9.17) is 0 Å². The van der Waals surface area contributed by atoms with Gasteiger partial charge in [0.15, 0.2) is 0 Å². The van der Waals surface area contributed by atoms with Crippen LogP contribution in [-0.4, -0.2) is 47.9 Å². The first-order valence-corrected chi connectivity index (χ1v) is 9.59. The van der Waals surface area contributed by atoms with Crippen molar-refractivity contribution in [2.45, 2.75) is 64.3 Å². The quantitative estimate of drug-likeness (QED) is 0.817. The number of piperidine rings is 2. The van der Waals surface area contributed by atoms with Gasteiger partial charge in [-0.1, -0.05) is 39.3 Å². The fraction of sp³-hybridized carbons (Fsp3) is 0.667. The molecule has 0 aromatic heterocycles. The number of amides is 1. The molecular weight excluding hydrogens is 296 g/mol. The first-order chi connectivity index (χ1) is 11.4. The van der Waals surface area contributed by atoms with Crippen LogP contribution in [0.25, 0.3) is 0 Å². The van der Waals surface area contributed by atoms with Crippen LogP contribution in [0.15, 0.2) is 24.3 Å². The number of likely N-dealkylation sites (tertiary alicyclic amines) is 2. The van der Waals surface area contributed by atoms with Gasteiger partial charge in [-0.3, -0.25) is 4.79 Å². The predicted octanol–water partition coefficient (Wildman–Crippen LogP) is 4.07. The monoisotopic (exact) mass is 328 g/mol. The van der Waals surface area contributed by atoms with E-state index in [1.165, 1.54) is 37.9 Å². The topological polar surface area (TPSA) is 23.6 Å². The van der Waals surface area contributed by atoms with Crippen molar-refractivity contribution in [1.29, 1.82) is 0 Å². The van der Waals surface area contributed by atoms with Gasteiger partial charge in [-0.2, -0.15) is 0 Å². The third-order valence-electron chi connectivity index (χ3n) is 5.66. The van der Waals surface area contributed by atoms with Gasteiger partial charge in [0.05, 0.1) is 0 Å². The molecule has 0 aliphatic carbocycles. The maximum absolute atomic E-state index is 12.8. The van der Waals surface area contributed by atoms with Gasteiger partial charge in [0.2, 0.25) is 0 Å². The molecule has 0 radical (unpaired) electrons. The van der Waals surface area contributed by atoms with Gasteiger partial charge < -0.3 is 9.80 Å². The number of benzene rings is 1. The van der Waals surface area contributed by atoms with Crippen molar-refractivity contribution in [1.82, 2.24) is 9.80 Å². The molecule has 2 heterocycles. The Bertz CT molecular complexity index is 544. The zero-order chi connectivity index (χ0) is 17.2. The number of nitrogens with zero attached hydrogens (tertiary/aromatic N) is 2. The van der Waals surface area contributed by atoms with Crippen LogP contribution in [0.1, 0.15) is 68.8 Å². The molecule has 0 saturated carbocycles. The Hall–Kier alpha value is -1.35. The number of carbonyl (C=O) groups excluding carboxylic acids is 1. The van der Waals surface area contributed by atoms with Crippen molar-refractivity contribution in [3.05, 3.63) is 35.4 Å². The predicted molar refractivity (Wildman–Crippen MR) is 99.5 cm³/mol. The van der Waals surface area contributed by atoms with Crippen LogP contribution in [-0.2, 0) is 5.41 Å². The molecule has 0 N–H and O–H groups in total. The van der Waals surface area contributed by atoms with E-state index in [2.05, 4.69) is 37.8 Å². The van der Waals surface area contributed by atoms with Crippen molar-refractivity contribution in [3.63, 3.8) is 0 Å². The molecule has 132 valence electrons. The lowest BCUT2D eigenvalue weighted by Gasteiger charge is -2.40. The second-order valence-electron chi connectivity index (χ2n) is 8.45. The van der Waals surface area contributed by atoms with Gasteiger partial charge in [-0.05, 0) is 61.9 Å². The Morgan fingerprint density at radius 1 is 0.917 bits per heavy atom. The van der Waals surface area contributed by atoms with Crippen LogP contribution in [0.4, 0.5) is 0 Å². The fourth-order valence-corrected chi connectivity index (χ4v) is 4.01. The molecule has 1 aromatic rings. The first-order valence-electron chi connectivity index (χ1n) is 9.59. The maximum Gasteiger partial charge on any atom is 0.253 e. The van der Waals surface area contributed by atoms with Gasteiger partial charge in [-0.25, -0.2) is 0 Å². The van der Waals surface area contributed by atoms with Crippen LogP contribution in [0.2, 0.25) is 0 Å². The highest BCUT2D eigenvalue weighted by Gasteiger charge is 2.28. The molecule has 2 fully saturated rings. The molecule has 1 amide bonds. The largest absolute Gasteiger partial charge is 0.339 e. The van der Waals surface area contributed by atoms with E-state index in [-0.39, 0.29) is 11.3 Å². The average molecular weight is 329 g/mol. The summed E-state index contributed by atoms with van der Waals surface area (Å²) in [7, 11) is 0. The minimum atomic E-state index is 0.133. The Labute approximate surface area is 147 Å². The maximum atomic E-state index is 12.8. The van der Waals surface area contributed by atoms with E-state index in [1.807, 2.05) is 17.0 Å². The van der Waals surface area contributed by atoms with Gasteiger partial charge in [0.25, 0.3) is 5.91 Å². The zero-order valence-electron chi connectivity index (χ0n) is 15.6. The van der Waals surface area contributed by atoms with Crippen molar-refractivity contribution in [2.24, 2.45) is 0 Å². The summed E-state index contributed by atoms with van der Waals surface area (Å²) in [6.07, 6.45) is 6.34. The molecular formula is C21H32N2O. The second kappa shape index (κ2) is 7.26. The average Bonchev–Trinajstić information content (AvgIpc) is 2.61. The van der Waals surface area contributed by atoms with Gasteiger partial charge in [0.1, 0.15) is 0 Å². The van der Waals surface area contributed by atoms with Gasteiger partial charge in [-0.15, -0.1) is 0 Å². The number of hydrogen-bond acceptors (Lipinski definition) is 2. The molecule has 0 unspecified atom stereocenters. The van der Waals surface area contributed by atoms with E-state index in [1.54, 1.807) is 0 Å². The van der Waals surface area contributed by atoms with Crippen LogP contribution in [0.3, 0.4) is 0 Å². The lowest BCUT2D eigenvalue weighted by molar-refractivity contribution is 0.0590. The number of rotatable bonds is 2. The molecule has 3 heteroatoms. The summed E-state index contributed by atoms with van der Waals surface area (Å²) in [5.74, 6) is 0.201. The molecule has 24 heavy (non-hydrogen) atoms. The molecule has 3 rings (SSSR count). The molecule has 2 saturated heterocycles. The van der Waals surface area contributed by atoms with E-state index < -0.39 is 0 Å². The SMILES string of the molecule is CC(C)(C)c1ccc(C(=O)N2CCC(N3CCCCC3)CC2)cc1. The summed E-state index contributed by atoms with van der Waals surface area (Å²) >= 11 is 0. The third kappa shape index (κ3) is 4.00. The summed E-state index contributed by atoms with van der Waals surface area (Å²) in [4.78, 5) is 17.5. The van der Waals surface area contributed by atoms with Crippen LogP contribution >= 0.6 is 0 Å². The van der Waals surface area contributed by atoms with E-state index >= 15 is 0 Å². The molecule has 1 aromatic carbocycles. The lowest BCUT2D eigenvalue weighted by Crippen LogP contribution is -2.48. The Balaban J connectivity index is 1.56. The summed E-state index contributed by atoms with van der Waals surface area (Å²) in [6.45, 7) is 10.9. The van der Waals surface area contributed by atoms with Crippen molar-refractivity contribution < 1.29 is 4.79 Å². The first kappa shape index (κ1) is 17.5. The standard InChI is InChI=1S/C21H32N2O/c1-21(2,3)18-9-7-17(8-10-18)20(24)23-15-11-19(12-16-23)22-13-5-4-6-14-22/h7-10,19H,4-6,11-16H2,1-3H3. The molecule has 2 aliphatic heterocycles. The molecule has 3 nitrogen and oxygen atoms in total. The van der Waals surface area contributed by atoms with Crippen molar-refractivity contribution in [3.8, 4) is 0 Å². The smallest absolute Gasteiger partial charge is 0.253 e. The number of hydrogen-bond donors (Lipinski definition) is 0. The highest BCUT2D eigenvalue weighted by Crippen LogP contribution is 2.24. The van der Waals surface area contributed by atoms with Crippen LogP contribution in [0.5, 0.6) is 0 Å². The number of carbonyl (C=O) groups is 1. The normalized spacial score (nSPS) is 21.0. The van der Waals surface area contributed by atoms with Crippen LogP contribution < -0.4 is 0 Å². The Morgan fingerprint density at radius 2 is 1.50 bits per heavy atom. The summed E-state index contributed by atoms with van der Waals surface area (Å²) < 4.78 is 0. The summed E-state index contributed by atoms with van der Waals surface area (Å²) in [5, 5.41) is 0. The minimum Gasteiger partial charge on any atom is -0.339 e. The fourth-order valence-electron chi connectivity index (χ4n) is 4.01. The van der Waals surface area contributed by atoms with Gasteiger partial charge in [0, 0.05) is 24.7 Å². The lowest BCUT2D eigenvalue weighted by atomic mass is 9.86. The molecule has 2 aliphatic rings. The second-order valence-corrected chi connectivity index (χ2v) is 8.45. The van der Waals surface area contributed by atoms with Gasteiger partial charge >= 0.3 is 0 Å². The summed E-state index contributed by atoms with van der Waals surface area (Å²) in [5.41, 5.74) is 2.25. The Kier molecular flexibility index (Phi) is 5.29. The highest BCUT2D eigenvalue weighted by molar-refractivity contribution is 5.94. The molecule has 0 spiro atoms. The van der Waals surface area contributed by atoms with E-state index in [0.29, 0.717) is 6.04 Å². The van der Waals surface area contributed by atoms with E-state index in [0.717, 1.165) is 31.5 Å². The summed E-state index contributed by atoms with van der Waals surface area (Å²) in [6, 6.07) is 8.90.